The van der Waals surface area contributed by atoms with Gasteiger partial charge in [0.25, 0.3) is 0 Å². The molecule has 2 aliphatic rings. The zero-order valence-corrected chi connectivity index (χ0v) is 34.2. The summed E-state index contributed by atoms with van der Waals surface area (Å²) in [5.74, 6) is 0. The molecular formula is C57H39N3S. The molecule has 13 rings (SSSR count). The first kappa shape index (κ1) is 34.6. The first-order chi connectivity index (χ1) is 30.2. The monoisotopic (exact) mass is 797 g/mol. The first-order valence-electron chi connectivity index (χ1n) is 21.3. The Hall–Kier alpha value is -7.27. The highest BCUT2D eigenvalue weighted by Crippen LogP contribution is 2.48. The number of rotatable bonds is 5. The molecule has 0 amide bonds. The standard InChI is InChI=1S/C57H39N3S/c1-4-12-37(13-5-1)57-58-56-54(61-57)31-26-36-20-21-42-32-38(22-27-45(42)55(36)56)39-23-29-52-48(34-39)49-35-41(25-30-53(49)60(52)44-16-8-3-9-17-44)40-24-28-51-47(33-40)46-18-10-11-19-50(46)59(51)43-14-6-2-7-15-43/h2-4,6-35,57-58H,1,5H2. The number of hydrogen-bond donors (Lipinski definition) is 1. The average Bonchev–Trinajstić information content (AvgIpc) is 4.02. The number of thioether (sulfide) groups is 1. The van der Waals surface area contributed by atoms with E-state index >= 15 is 0 Å². The minimum Gasteiger partial charge on any atom is -0.368 e. The molecule has 1 aliphatic carbocycles. The Bertz CT molecular complexity index is 3650. The van der Waals surface area contributed by atoms with E-state index in [-0.39, 0.29) is 5.37 Å². The SMILES string of the molecule is C1=CC(C2Nc3c(ccc4ccc5cc(-c6ccc7c(c6)c6cc(-c8ccc9c(c8)c8ccccc8n9-c8ccccc8)ccc6n7-c6ccccc6)ccc5c34)S2)=CCC1. The number of allylic oxidation sites excluding steroid dienone is 2. The van der Waals surface area contributed by atoms with Crippen molar-refractivity contribution in [2.45, 2.75) is 23.1 Å². The van der Waals surface area contributed by atoms with E-state index in [0.29, 0.717) is 0 Å². The smallest absolute Gasteiger partial charge is 0.102 e. The van der Waals surface area contributed by atoms with Gasteiger partial charge in [0.05, 0.1) is 27.8 Å². The molecule has 9 aromatic carbocycles. The minimum absolute atomic E-state index is 0.251. The predicted octanol–water partition coefficient (Wildman–Crippen LogP) is 15.6. The summed E-state index contributed by atoms with van der Waals surface area (Å²) < 4.78 is 4.80. The molecular weight excluding hydrogens is 759 g/mol. The molecule has 3 nitrogen and oxygen atoms in total. The summed E-state index contributed by atoms with van der Waals surface area (Å²) in [5.41, 5.74) is 14.7. The molecule has 61 heavy (non-hydrogen) atoms. The largest absolute Gasteiger partial charge is 0.368 e. The third-order valence-corrected chi connectivity index (χ3v) is 14.2. The van der Waals surface area contributed by atoms with Gasteiger partial charge in [-0.15, -0.1) is 0 Å². The molecule has 1 atom stereocenters. The predicted molar refractivity (Wildman–Crippen MR) is 261 cm³/mol. The molecule has 0 bridgehead atoms. The Balaban J connectivity index is 0.949. The van der Waals surface area contributed by atoms with E-state index in [1.807, 2.05) is 11.8 Å². The fourth-order valence-corrected chi connectivity index (χ4v) is 11.2. The maximum absolute atomic E-state index is 3.92. The van der Waals surface area contributed by atoms with Crippen LogP contribution in [0, 0.1) is 0 Å². The van der Waals surface area contributed by atoms with Crippen LogP contribution in [-0.4, -0.2) is 14.5 Å². The summed E-state index contributed by atoms with van der Waals surface area (Å²) in [5, 5.41) is 14.3. The van der Waals surface area contributed by atoms with Gasteiger partial charge in [0.1, 0.15) is 5.37 Å². The van der Waals surface area contributed by atoms with Gasteiger partial charge in [-0.05, 0) is 136 Å². The van der Waals surface area contributed by atoms with Crippen molar-refractivity contribution in [1.29, 1.82) is 0 Å². The summed E-state index contributed by atoms with van der Waals surface area (Å²) in [6, 6.07) is 67.4. The Morgan fingerprint density at radius 1 is 0.443 bits per heavy atom. The highest BCUT2D eigenvalue weighted by atomic mass is 32.2. The molecule has 11 aromatic rings. The van der Waals surface area contributed by atoms with Gasteiger partial charge >= 0.3 is 0 Å². The highest BCUT2D eigenvalue weighted by molar-refractivity contribution is 8.00. The van der Waals surface area contributed by atoms with Crippen molar-refractivity contribution in [3.05, 3.63) is 206 Å². The van der Waals surface area contributed by atoms with Gasteiger partial charge in [-0.2, -0.15) is 0 Å². The Labute approximate surface area is 357 Å². The van der Waals surface area contributed by atoms with Gasteiger partial charge in [-0.1, -0.05) is 133 Å². The number of nitrogens with zero attached hydrogens (tertiary/aromatic N) is 2. The van der Waals surface area contributed by atoms with E-state index in [1.54, 1.807) is 0 Å². The molecule has 0 radical (unpaired) electrons. The van der Waals surface area contributed by atoms with Crippen LogP contribution in [-0.2, 0) is 0 Å². The van der Waals surface area contributed by atoms with E-state index in [9.17, 15) is 0 Å². The molecule has 1 unspecified atom stereocenters. The number of nitrogens with one attached hydrogen (secondary N) is 1. The number of benzene rings is 9. The van der Waals surface area contributed by atoms with Crippen molar-refractivity contribution in [3.8, 4) is 33.6 Å². The van der Waals surface area contributed by atoms with Crippen molar-refractivity contribution in [2.24, 2.45) is 0 Å². The summed E-state index contributed by atoms with van der Waals surface area (Å²) in [4.78, 5) is 1.33. The molecule has 1 aliphatic heterocycles. The summed E-state index contributed by atoms with van der Waals surface area (Å²) >= 11 is 1.93. The van der Waals surface area contributed by atoms with E-state index in [0.717, 1.165) is 18.5 Å². The van der Waals surface area contributed by atoms with E-state index < -0.39 is 0 Å². The zero-order valence-electron chi connectivity index (χ0n) is 33.3. The minimum atomic E-state index is 0.251. The second-order valence-electron chi connectivity index (χ2n) is 16.4. The molecule has 0 fully saturated rings. The lowest BCUT2D eigenvalue weighted by atomic mass is 9.95. The third kappa shape index (κ3) is 5.45. The molecule has 288 valence electrons. The zero-order chi connectivity index (χ0) is 40.0. The Kier molecular flexibility index (Phi) is 7.73. The topological polar surface area (TPSA) is 21.9 Å². The second kappa shape index (κ2) is 13.6. The Morgan fingerprint density at radius 2 is 0.984 bits per heavy atom. The van der Waals surface area contributed by atoms with Crippen molar-refractivity contribution >= 4 is 82.6 Å². The lowest BCUT2D eigenvalue weighted by molar-refractivity contribution is 0.996. The summed E-state index contributed by atoms with van der Waals surface area (Å²) in [6.07, 6.45) is 9.24. The van der Waals surface area contributed by atoms with Crippen LogP contribution in [0.3, 0.4) is 0 Å². The van der Waals surface area contributed by atoms with Crippen LogP contribution in [0.5, 0.6) is 0 Å². The Morgan fingerprint density at radius 3 is 1.62 bits per heavy atom. The van der Waals surface area contributed by atoms with E-state index in [1.165, 1.54) is 109 Å². The van der Waals surface area contributed by atoms with Crippen molar-refractivity contribution in [1.82, 2.24) is 9.13 Å². The van der Waals surface area contributed by atoms with E-state index in [4.69, 9.17) is 0 Å². The number of fused-ring (bicyclic) bond motifs is 11. The van der Waals surface area contributed by atoms with Gasteiger partial charge in [0, 0.05) is 43.2 Å². The van der Waals surface area contributed by atoms with Crippen LogP contribution in [0.4, 0.5) is 5.69 Å². The van der Waals surface area contributed by atoms with Crippen molar-refractivity contribution < 1.29 is 0 Å². The average molecular weight is 798 g/mol. The molecule has 0 saturated heterocycles. The van der Waals surface area contributed by atoms with Crippen LogP contribution < -0.4 is 5.32 Å². The van der Waals surface area contributed by atoms with E-state index in [2.05, 4.69) is 215 Å². The third-order valence-electron chi connectivity index (χ3n) is 12.9. The molecule has 0 saturated carbocycles. The quantitative estimate of drug-likeness (QED) is 0.175. The lowest BCUT2D eigenvalue weighted by Gasteiger charge is -2.15. The fraction of sp³-hybridized carbons (Fsp3) is 0.0526. The van der Waals surface area contributed by atoms with Crippen LogP contribution in [0.25, 0.3) is 98.8 Å². The van der Waals surface area contributed by atoms with Gasteiger partial charge in [0.2, 0.25) is 0 Å². The number of para-hydroxylation sites is 3. The lowest BCUT2D eigenvalue weighted by Crippen LogP contribution is -2.13. The maximum atomic E-state index is 3.92. The van der Waals surface area contributed by atoms with Gasteiger partial charge < -0.3 is 14.5 Å². The first-order valence-corrected chi connectivity index (χ1v) is 22.1. The second-order valence-corrected chi connectivity index (χ2v) is 17.6. The van der Waals surface area contributed by atoms with Crippen molar-refractivity contribution in [3.63, 3.8) is 0 Å². The number of aromatic nitrogens is 2. The van der Waals surface area contributed by atoms with Gasteiger partial charge in [-0.25, -0.2) is 0 Å². The van der Waals surface area contributed by atoms with Crippen molar-refractivity contribution in [2.75, 3.05) is 5.32 Å². The number of hydrogen-bond acceptors (Lipinski definition) is 2. The highest BCUT2D eigenvalue weighted by Gasteiger charge is 2.26. The normalized spacial score (nSPS) is 15.0. The van der Waals surface area contributed by atoms with Gasteiger partial charge in [-0.3, -0.25) is 0 Å². The molecule has 1 N–H and O–H groups in total. The van der Waals surface area contributed by atoms with Crippen LogP contribution in [0.15, 0.2) is 211 Å². The van der Waals surface area contributed by atoms with Gasteiger partial charge in [0.15, 0.2) is 0 Å². The molecule has 0 spiro atoms. The van der Waals surface area contributed by atoms with Crippen LogP contribution in [0.2, 0.25) is 0 Å². The molecule has 4 heteroatoms. The number of anilines is 1. The van der Waals surface area contributed by atoms with Crippen LogP contribution >= 0.6 is 11.8 Å². The summed E-state index contributed by atoms with van der Waals surface area (Å²) in [7, 11) is 0. The van der Waals surface area contributed by atoms with Crippen LogP contribution in [0.1, 0.15) is 12.8 Å². The molecule has 2 aromatic heterocycles. The summed E-state index contributed by atoms with van der Waals surface area (Å²) in [6.45, 7) is 0. The molecule has 3 heterocycles. The maximum Gasteiger partial charge on any atom is 0.102 e. The fourth-order valence-electron chi connectivity index (χ4n) is 10.1.